The van der Waals surface area contributed by atoms with Crippen molar-refractivity contribution >= 4 is 34.7 Å². The highest BCUT2D eigenvalue weighted by Gasteiger charge is 2.05. The fraction of sp³-hybridized carbons (Fsp3) is 0.500. The maximum atomic E-state index is 9.39. The lowest BCUT2D eigenvalue weighted by molar-refractivity contribution is 0.192. The van der Waals surface area contributed by atoms with Crippen LogP contribution in [0.15, 0.2) is 16.3 Å². The van der Waals surface area contributed by atoms with E-state index < -0.39 is 0 Å². The Kier molecular flexibility index (Phi) is 5.13. The highest BCUT2D eigenvalue weighted by molar-refractivity contribution is 8.01. The van der Waals surface area contributed by atoms with Crippen molar-refractivity contribution in [2.24, 2.45) is 5.73 Å². The van der Waals surface area contributed by atoms with Gasteiger partial charge in [0.1, 0.15) is 0 Å². The maximum Gasteiger partial charge on any atom is 0.0940 e. The zero-order chi connectivity index (χ0) is 9.68. The number of nitrogens with two attached hydrogens (primary N) is 1. The van der Waals surface area contributed by atoms with Crippen molar-refractivity contribution in [3.8, 4) is 0 Å². The standard InChI is InChI=1S/C8H12ClNOS2/c9-7-1-2-8(13-7)12-5-6(11)3-4-10/h1-2,6,11H,3-5,10H2. The summed E-state index contributed by atoms with van der Waals surface area (Å²) in [5.41, 5.74) is 5.31. The number of thioether (sulfide) groups is 1. The zero-order valence-corrected chi connectivity index (χ0v) is 9.46. The van der Waals surface area contributed by atoms with E-state index in [1.54, 1.807) is 11.8 Å². The third-order valence-corrected chi connectivity index (χ3v) is 4.07. The Labute approximate surface area is 91.1 Å². The van der Waals surface area contributed by atoms with E-state index >= 15 is 0 Å². The molecule has 1 rings (SSSR count). The molecule has 0 saturated heterocycles. The van der Waals surface area contributed by atoms with Crippen LogP contribution in [0.25, 0.3) is 0 Å². The minimum absolute atomic E-state index is 0.309. The summed E-state index contributed by atoms with van der Waals surface area (Å²) in [6, 6.07) is 3.83. The molecule has 0 saturated carbocycles. The van der Waals surface area contributed by atoms with E-state index in [2.05, 4.69) is 0 Å². The molecule has 1 aromatic rings. The van der Waals surface area contributed by atoms with E-state index in [0.29, 0.717) is 18.7 Å². The van der Waals surface area contributed by atoms with Gasteiger partial charge in [-0.2, -0.15) is 0 Å². The van der Waals surface area contributed by atoms with Gasteiger partial charge in [0.15, 0.2) is 0 Å². The molecule has 0 fully saturated rings. The van der Waals surface area contributed by atoms with Crippen molar-refractivity contribution in [1.29, 1.82) is 0 Å². The van der Waals surface area contributed by atoms with Gasteiger partial charge in [0, 0.05) is 5.75 Å². The smallest absolute Gasteiger partial charge is 0.0940 e. The molecule has 1 heterocycles. The first-order valence-electron chi connectivity index (χ1n) is 3.98. The number of hydrogen-bond acceptors (Lipinski definition) is 4. The van der Waals surface area contributed by atoms with Gasteiger partial charge < -0.3 is 10.8 Å². The summed E-state index contributed by atoms with van der Waals surface area (Å²) in [6.45, 7) is 0.535. The fourth-order valence-corrected chi connectivity index (χ4v) is 3.14. The normalized spacial score (nSPS) is 13.2. The van der Waals surface area contributed by atoms with Crippen LogP contribution in [-0.4, -0.2) is 23.5 Å². The van der Waals surface area contributed by atoms with Crippen molar-refractivity contribution < 1.29 is 5.11 Å². The molecule has 0 aromatic carbocycles. The predicted molar refractivity (Wildman–Crippen MR) is 59.7 cm³/mol. The molecule has 0 radical (unpaired) electrons. The van der Waals surface area contributed by atoms with Crippen LogP contribution in [0, 0.1) is 0 Å². The molecule has 1 unspecified atom stereocenters. The molecule has 74 valence electrons. The molecular formula is C8H12ClNOS2. The van der Waals surface area contributed by atoms with Gasteiger partial charge in [0.25, 0.3) is 0 Å². The largest absolute Gasteiger partial charge is 0.392 e. The highest BCUT2D eigenvalue weighted by Crippen LogP contribution is 2.30. The van der Waals surface area contributed by atoms with Gasteiger partial charge in [-0.25, -0.2) is 0 Å². The van der Waals surface area contributed by atoms with Crippen LogP contribution in [0.5, 0.6) is 0 Å². The molecule has 13 heavy (non-hydrogen) atoms. The first-order chi connectivity index (χ1) is 6.22. The first kappa shape index (κ1) is 11.3. The molecule has 0 spiro atoms. The molecule has 3 N–H and O–H groups in total. The van der Waals surface area contributed by atoms with Gasteiger partial charge in [-0.3, -0.25) is 0 Å². The molecular weight excluding hydrogens is 226 g/mol. The molecule has 1 aromatic heterocycles. The number of halogens is 1. The van der Waals surface area contributed by atoms with Crippen molar-refractivity contribution in [2.45, 2.75) is 16.7 Å². The number of aliphatic hydroxyl groups is 1. The summed E-state index contributed by atoms with van der Waals surface area (Å²) in [5.74, 6) is 0.689. The Morgan fingerprint density at radius 1 is 1.62 bits per heavy atom. The second-order valence-corrected chi connectivity index (χ2v) is 5.64. The van der Waals surface area contributed by atoms with E-state index in [4.69, 9.17) is 17.3 Å². The van der Waals surface area contributed by atoms with Crippen molar-refractivity contribution in [2.75, 3.05) is 12.3 Å². The van der Waals surface area contributed by atoms with Crippen LogP contribution >= 0.6 is 34.7 Å². The number of rotatable bonds is 5. The van der Waals surface area contributed by atoms with Crippen molar-refractivity contribution in [3.05, 3.63) is 16.5 Å². The summed E-state index contributed by atoms with van der Waals surface area (Å²) in [6.07, 6.45) is 0.349. The third-order valence-electron chi connectivity index (χ3n) is 1.47. The lowest BCUT2D eigenvalue weighted by Crippen LogP contribution is -2.15. The van der Waals surface area contributed by atoms with Gasteiger partial charge in [-0.15, -0.1) is 23.1 Å². The second-order valence-electron chi connectivity index (χ2n) is 2.60. The van der Waals surface area contributed by atoms with Gasteiger partial charge in [0.2, 0.25) is 0 Å². The molecule has 0 aliphatic heterocycles. The van der Waals surface area contributed by atoms with Crippen molar-refractivity contribution in [1.82, 2.24) is 0 Å². The van der Waals surface area contributed by atoms with Crippen LogP contribution in [0.2, 0.25) is 4.34 Å². The Morgan fingerprint density at radius 2 is 2.38 bits per heavy atom. The first-order valence-corrected chi connectivity index (χ1v) is 6.16. The quantitative estimate of drug-likeness (QED) is 0.772. The van der Waals surface area contributed by atoms with Crippen LogP contribution < -0.4 is 5.73 Å². The predicted octanol–water partition coefficient (Wildman–Crippen LogP) is 2.20. The minimum Gasteiger partial charge on any atom is -0.392 e. The van der Waals surface area contributed by atoms with Gasteiger partial charge in [-0.05, 0) is 25.1 Å². The molecule has 0 bridgehead atoms. The van der Waals surface area contributed by atoms with Crippen LogP contribution in [-0.2, 0) is 0 Å². The monoisotopic (exact) mass is 237 g/mol. The number of hydrogen-bond donors (Lipinski definition) is 2. The number of aliphatic hydroxyl groups excluding tert-OH is 1. The van der Waals surface area contributed by atoms with E-state index in [-0.39, 0.29) is 6.10 Å². The summed E-state index contributed by atoms with van der Waals surface area (Å²) >= 11 is 8.91. The average molecular weight is 238 g/mol. The van der Waals surface area contributed by atoms with E-state index in [1.807, 2.05) is 12.1 Å². The van der Waals surface area contributed by atoms with Gasteiger partial charge in [0.05, 0.1) is 14.6 Å². The van der Waals surface area contributed by atoms with E-state index in [9.17, 15) is 5.11 Å². The van der Waals surface area contributed by atoms with Crippen LogP contribution in [0.1, 0.15) is 6.42 Å². The Balaban J connectivity index is 2.26. The fourth-order valence-electron chi connectivity index (χ4n) is 0.829. The second kappa shape index (κ2) is 5.88. The Bertz CT molecular complexity index is 254. The summed E-state index contributed by atoms with van der Waals surface area (Å²) in [5, 5.41) is 9.39. The summed E-state index contributed by atoms with van der Waals surface area (Å²) in [7, 11) is 0. The topological polar surface area (TPSA) is 46.2 Å². The van der Waals surface area contributed by atoms with Crippen LogP contribution in [0.4, 0.5) is 0 Å². The summed E-state index contributed by atoms with van der Waals surface area (Å²) in [4.78, 5) is 0. The SMILES string of the molecule is NCCC(O)CSc1ccc(Cl)s1. The summed E-state index contributed by atoms with van der Waals surface area (Å²) < 4.78 is 1.93. The van der Waals surface area contributed by atoms with E-state index in [1.165, 1.54) is 11.3 Å². The number of thiophene rings is 1. The molecule has 0 aliphatic rings. The minimum atomic E-state index is -0.309. The van der Waals surface area contributed by atoms with E-state index in [0.717, 1.165) is 8.55 Å². The maximum absolute atomic E-state index is 9.39. The van der Waals surface area contributed by atoms with Crippen molar-refractivity contribution in [3.63, 3.8) is 0 Å². The lowest BCUT2D eigenvalue weighted by Gasteiger charge is -2.06. The lowest BCUT2D eigenvalue weighted by atomic mass is 10.3. The highest BCUT2D eigenvalue weighted by atomic mass is 35.5. The van der Waals surface area contributed by atoms with Gasteiger partial charge in [-0.1, -0.05) is 11.6 Å². The Morgan fingerprint density at radius 3 is 2.92 bits per heavy atom. The zero-order valence-electron chi connectivity index (χ0n) is 7.07. The molecule has 0 aliphatic carbocycles. The van der Waals surface area contributed by atoms with Gasteiger partial charge >= 0.3 is 0 Å². The molecule has 5 heteroatoms. The third kappa shape index (κ3) is 4.33. The molecule has 1 atom stereocenters. The van der Waals surface area contributed by atoms with Crippen LogP contribution in [0.3, 0.4) is 0 Å². The average Bonchev–Trinajstić information content (AvgIpc) is 2.49. The molecule has 0 amide bonds. The Hall–Kier alpha value is 0.260. The molecule has 2 nitrogen and oxygen atoms in total.